The molecule has 9 nitrogen and oxygen atoms in total. The van der Waals surface area contributed by atoms with Crippen LogP contribution < -0.4 is 15.5 Å². The van der Waals surface area contributed by atoms with Crippen LogP contribution in [0.1, 0.15) is 32.7 Å². The van der Waals surface area contributed by atoms with Crippen molar-refractivity contribution in [3.8, 4) is 0 Å². The first-order chi connectivity index (χ1) is 19.9. The highest BCUT2D eigenvalue weighted by molar-refractivity contribution is 6.06. The molecule has 214 valence electrons. The smallest absolute Gasteiger partial charge is 0.321 e. The molecule has 0 saturated carbocycles. The summed E-state index contributed by atoms with van der Waals surface area (Å²) in [5.41, 5.74) is 3.48. The Balaban J connectivity index is 1.35. The van der Waals surface area contributed by atoms with Crippen LogP contribution in [0.15, 0.2) is 66.7 Å². The van der Waals surface area contributed by atoms with E-state index in [-0.39, 0.29) is 23.5 Å². The fourth-order valence-corrected chi connectivity index (χ4v) is 5.02. The summed E-state index contributed by atoms with van der Waals surface area (Å²) in [5, 5.41) is 5.58. The third kappa shape index (κ3) is 6.83. The highest BCUT2D eigenvalue weighted by Gasteiger charge is 2.26. The van der Waals surface area contributed by atoms with Crippen molar-refractivity contribution in [1.29, 1.82) is 0 Å². The number of halogens is 1. The van der Waals surface area contributed by atoms with Crippen LogP contribution in [0.25, 0.3) is 0 Å². The number of urea groups is 1. The van der Waals surface area contributed by atoms with Gasteiger partial charge in [0.1, 0.15) is 5.82 Å². The standard InChI is InChI=1S/C31H34FN5O4/c1-22-7-9-23(10-8-22)29(38)33-24-11-12-28(25(21-24)30(39)36-17-19-41-20-18-36)35-13-4-14-37(16-15-35)31(40)34-27-6-3-2-5-26(27)32/h2-3,5-12,21H,4,13-20H2,1H3,(H,33,38)(H,34,40). The molecule has 3 aromatic rings. The molecule has 2 aliphatic heterocycles. The number of morpholine rings is 1. The molecule has 5 rings (SSSR count). The zero-order valence-corrected chi connectivity index (χ0v) is 23.1. The Morgan fingerprint density at radius 1 is 0.805 bits per heavy atom. The summed E-state index contributed by atoms with van der Waals surface area (Å²) in [5.74, 6) is -0.875. The van der Waals surface area contributed by atoms with Gasteiger partial charge >= 0.3 is 6.03 Å². The lowest BCUT2D eigenvalue weighted by Crippen LogP contribution is -2.42. The van der Waals surface area contributed by atoms with E-state index in [9.17, 15) is 18.8 Å². The summed E-state index contributed by atoms with van der Waals surface area (Å²) in [7, 11) is 0. The number of anilines is 3. The van der Waals surface area contributed by atoms with Crippen LogP contribution in [0.5, 0.6) is 0 Å². The number of carbonyl (C=O) groups excluding carboxylic acids is 3. The molecule has 10 heteroatoms. The van der Waals surface area contributed by atoms with Gasteiger partial charge < -0.3 is 30.1 Å². The molecule has 2 saturated heterocycles. The summed E-state index contributed by atoms with van der Waals surface area (Å²) in [4.78, 5) is 45.0. The second-order valence-corrected chi connectivity index (χ2v) is 10.2. The molecular weight excluding hydrogens is 525 g/mol. The average molecular weight is 560 g/mol. The van der Waals surface area contributed by atoms with Gasteiger partial charge in [-0.1, -0.05) is 29.8 Å². The minimum absolute atomic E-state index is 0.131. The van der Waals surface area contributed by atoms with Gasteiger partial charge in [-0.3, -0.25) is 9.59 Å². The first kappa shape index (κ1) is 28.1. The molecule has 0 spiro atoms. The number of benzene rings is 3. The minimum atomic E-state index is -0.488. The van der Waals surface area contributed by atoms with Gasteiger partial charge in [0, 0.05) is 56.2 Å². The van der Waals surface area contributed by atoms with E-state index >= 15 is 0 Å². The summed E-state index contributed by atoms with van der Waals surface area (Å²) in [6.45, 7) is 5.89. The van der Waals surface area contributed by atoms with E-state index in [1.54, 1.807) is 46.2 Å². The zero-order chi connectivity index (χ0) is 28.8. The van der Waals surface area contributed by atoms with E-state index in [0.717, 1.165) is 11.3 Å². The molecule has 41 heavy (non-hydrogen) atoms. The van der Waals surface area contributed by atoms with E-state index in [4.69, 9.17) is 4.74 Å². The zero-order valence-electron chi connectivity index (χ0n) is 23.1. The fourth-order valence-electron chi connectivity index (χ4n) is 5.02. The average Bonchev–Trinajstić information content (AvgIpc) is 3.25. The van der Waals surface area contributed by atoms with Crippen molar-refractivity contribution in [3.05, 3.63) is 89.2 Å². The van der Waals surface area contributed by atoms with Gasteiger partial charge in [-0.05, 0) is 55.8 Å². The second kappa shape index (κ2) is 12.8. The fraction of sp³-hybridized carbons (Fsp3) is 0.323. The van der Waals surface area contributed by atoms with Gasteiger partial charge in [0.2, 0.25) is 0 Å². The maximum atomic E-state index is 14.1. The summed E-state index contributed by atoms with van der Waals surface area (Å²) >= 11 is 0. The van der Waals surface area contributed by atoms with Crippen molar-refractivity contribution in [2.24, 2.45) is 0 Å². The van der Waals surface area contributed by atoms with Crippen molar-refractivity contribution in [1.82, 2.24) is 9.80 Å². The molecule has 0 unspecified atom stereocenters. The van der Waals surface area contributed by atoms with Crippen molar-refractivity contribution < 1.29 is 23.5 Å². The Bertz CT molecular complexity index is 1410. The molecule has 0 radical (unpaired) electrons. The third-order valence-electron chi connectivity index (χ3n) is 7.34. The van der Waals surface area contributed by atoms with Crippen LogP contribution >= 0.6 is 0 Å². The van der Waals surface area contributed by atoms with Crippen LogP contribution in [0.4, 0.5) is 26.2 Å². The van der Waals surface area contributed by atoms with E-state index in [2.05, 4.69) is 15.5 Å². The molecular formula is C31H34FN5O4. The number of nitrogens with one attached hydrogen (secondary N) is 2. The van der Waals surface area contributed by atoms with Gasteiger partial charge in [0.25, 0.3) is 11.8 Å². The Morgan fingerprint density at radius 3 is 2.32 bits per heavy atom. The van der Waals surface area contributed by atoms with Crippen LogP contribution in [0, 0.1) is 12.7 Å². The number of para-hydroxylation sites is 1. The molecule has 0 atom stereocenters. The van der Waals surface area contributed by atoms with Crippen molar-refractivity contribution in [3.63, 3.8) is 0 Å². The van der Waals surface area contributed by atoms with Gasteiger partial charge in [0.05, 0.1) is 24.5 Å². The van der Waals surface area contributed by atoms with Crippen LogP contribution in [0.2, 0.25) is 0 Å². The highest BCUT2D eigenvalue weighted by Crippen LogP contribution is 2.28. The topological polar surface area (TPSA) is 94.2 Å². The van der Waals surface area contributed by atoms with Crippen molar-refractivity contribution >= 4 is 34.9 Å². The minimum Gasteiger partial charge on any atom is -0.378 e. The summed E-state index contributed by atoms with van der Waals surface area (Å²) < 4.78 is 19.5. The molecule has 0 aromatic heterocycles. The van der Waals surface area contributed by atoms with Crippen LogP contribution in [-0.2, 0) is 4.74 Å². The Morgan fingerprint density at radius 2 is 1.56 bits per heavy atom. The van der Waals surface area contributed by atoms with Crippen molar-refractivity contribution in [2.45, 2.75) is 13.3 Å². The first-order valence-electron chi connectivity index (χ1n) is 13.8. The lowest BCUT2D eigenvalue weighted by Gasteiger charge is -2.30. The molecule has 0 aliphatic carbocycles. The van der Waals surface area contributed by atoms with E-state index < -0.39 is 5.82 Å². The quantitative estimate of drug-likeness (QED) is 0.477. The molecule has 3 aromatic carbocycles. The highest BCUT2D eigenvalue weighted by atomic mass is 19.1. The monoisotopic (exact) mass is 559 g/mol. The number of carbonyl (C=O) groups is 3. The SMILES string of the molecule is Cc1ccc(C(=O)Nc2ccc(N3CCCN(C(=O)Nc4ccccc4F)CC3)c(C(=O)N3CCOCC3)c2)cc1. The largest absolute Gasteiger partial charge is 0.378 e. The van der Waals surface area contributed by atoms with Crippen LogP contribution in [-0.4, -0.2) is 80.1 Å². The number of rotatable bonds is 5. The third-order valence-corrected chi connectivity index (χ3v) is 7.34. The molecule has 2 N–H and O–H groups in total. The number of hydrogen-bond donors (Lipinski definition) is 2. The molecule has 2 aliphatic rings. The molecule has 2 fully saturated rings. The Kier molecular flexibility index (Phi) is 8.79. The molecule has 4 amide bonds. The maximum Gasteiger partial charge on any atom is 0.321 e. The molecule has 2 heterocycles. The summed E-state index contributed by atoms with van der Waals surface area (Å²) in [6.07, 6.45) is 0.668. The Hall–Kier alpha value is -4.44. The number of aryl methyl sites for hydroxylation is 1. The predicted octanol–water partition coefficient (Wildman–Crippen LogP) is 4.60. The van der Waals surface area contributed by atoms with Gasteiger partial charge in [-0.25, -0.2) is 9.18 Å². The van der Waals surface area contributed by atoms with Gasteiger partial charge in [-0.2, -0.15) is 0 Å². The Labute approximate surface area is 238 Å². The van der Waals surface area contributed by atoms with Gasteiger partial charge in [0.15, 0.2) is 0 Å². The van der Waals surface area contributed by atoms with E-state index in [0.29, 0.717) is 75.7 Å². The number of nitrogens with zero attached hydrogens (tertiary/aromatic N) is 3. The second-order valence-electron chi connectivity index (χ2n) is 10.2. The lowest BCUT2D eigenvalue weighted by atomic mass is 10.1. The summed E-state index contributed by atoms with van der Waals surface area (Å²) in [6, 6.07) is 18.4. The van der Waals surface area contributed by atoms with E-state index in [1.807, 2.05) is 25.1 Å². The number of amides is 4. The number of hydrogen-bond acceptors (Lipinski definition) is 5. The first-order valence-corrected chi connectivity index (χ1v) is 13.8. The number of ether oxygens (including phenoxy) is 1. The molecule has 0 bridgehead atoms. The van der Waals surface area contributed by atoms with Crippen LogP contribution in [0.3, 0.4) is 0 Å². The van der Waals surface area contributed by atoms with Crippen molar-refractivity contribution in [2.75, 3.05) is 68.0 Å². The predicted molar refractivity (Wildman–Crippen MR) is 156 cm³/mol. The normalized spacial score (nSPS) is 15.7. The maximum absolute atomic E-state index is 14.1. The lowest BCUT2D eigenvalue weighted by molar-refractivity contribution is 0.0303. The van der Waals surface area contributed by atoms with E-state index in [1.165, 1.54) is 12.1 Å². The van der Waals surface area contributed by atoms with Gasteiger partial charge in [-0.15, -0.1) is 0 Å².